The van der Waals surface area contributed by atoms with Crippen molar-refractivity contribution in [2.45, 2.75) is 6.92 Å². The van der Waals surface area contributed by atoms with E-state index in [9.17, 15) is 0 Å². The molecule has 2 nitrogen and oxygen atoms in total. The van der Waals surface area contributed by atoms with Crippen molar-refractivity contribution in [3.8, 4) is 0 Å². The van der Waals surface area contributed by atoms with E-state index in [0.29, 0.717) is 5.76 Å². The molecule has 0 aromatic rings. The number of hydrogen-bond donors (Lipinski definition) is 0. The van der Waals surface area contributed by atoms with Gasteiger partial charge >= 0.3 is 0 Å². The van der Waals surface area contributed by atoms with E-state index in [1.165, 1.54) is 0 Å². The van der Waals surface area contributed by atoms with E-state index < -0.39 is 0 Å². The molecule has 0 atom stereocenters. The van der Waals surface area contributed by atoms with Crippen molar-refractivity contribution in [1.29, 1.82) is 0 Å². The number of ether oxygens (including phenoxy) is 1. The van der Waals surface area contributed by atoms with Crippen LogP contribution in [0.2, 0.25) is 0 Å². The molecule has 0 bridgehead atoms. The fraction of sp³-hybridized carbons (Fsp3) is 0.222. The average molecular weight is 230 g/mol. The highest BCUT2D eigenvalue weighted by Crippen LogP contribution is 2.05. The van der Waals surface area contributed by atoms with Gasteiger partial charge in [0.05, 0.1) is 0 Å². The fourth-order valence-electron chi connectivity index (χ4n) is 0.492. The summed E-state index contributed by atoms with van der Waals surface area (Å²) in [7, 11) is 0. The second-order valence-electron chi connectivity index (χ2n) is 2.02. The molecule has 0 N–H and O–H groups in total. The molecule has 0 aliphatic carbocycles. The zero-order chi connectivity index (χ0) is 9.40. The van der Waals surface area contributed by atoms with Crippen molar-refractivity contribution in [2.75, 3.05) is 6.73 Å². The number of rotatable bonds is 5. The van der Waals surface area contributed by atoms with E-state index in [0.717, 1.165) is 4.48 Å². The van der Waals surface area contributed by atoms with Crippen molar-refractivity contribution >= 4 is 22.6 Å². The molecule has 66 valence electrons. The van der Waals surface area contributed by atoms with Crippen molar-refractivity contribution in [3.05, 3.63) is 35.0 Å². The van der Waals surface area contributed by atoms with Crippen LogP contribution in [0.3, 0.4) is 0 Å². The van der Waals surface area contributed by atoms with Gasteiger partial charge in [0, 0.05) is 0 Å². The first-order valence-corrected chi connectivity index (χ1v) is 4.21. The summed E-state index contributed by atoms with van der Waals surface area (Å²) in [6.45, 7) is 9.08. The Morgan fingerprint density at radius 1 is 1.58 bits per heavy atom. The fourth-order valence-corrected chi connectivity index (χ4v) is 0.624. The second-order valence-corrected chi connectivity index (χ2v) is 3.27. The first-order valence-electron chi connectivity index (χ1n) is 3.42. The van der Waals surface area contributed by atoms with Gasteiger partial charge in [0.1, 0.15) is 5.76 Å². The topological polar surface area (TPSA) is 21.6 Å². The highest BCUT2D eigenvalue weighted by molar-refractivity contribution is 9.11. The Morgan fingerprint density at radius 3 is 2.67 bits per heavy atom. The molecule has 0 heterocycles. The Bertz CT molecular complexity index is 215. The summed E-state index contributed by atoms with van der Waals surface area (Å²) in [5.41, 5.74) is 0. The molecule has 3 heteroatoms. The van der Waals surface area contributed by atoms with Gasteiger partial charge in [-0.25, -0.2) is 0 Å². The Kier molecular flexibility index (Phi) is 6.38. The lowest BCUT2D eigenvalue weighted by Crippen LogP contribution is -1.87. The molecule has 0 aliphatic heterocycles. The summed E-state index contributed by atoms with van der Waals surface area (Å²) in [6.07, 6.45) is 5.31. The first-order chi connectivity index (χ1) is 5.70. The lowest BCUT2D eigenvalue weighted by Gasteiger charge is -2.00. The van der Waals surface area contributed by atoms with Crippen LogP contribution >= 0.6 is 15.9 Å². The van der Waals surface area contributed by atoms with Gasteiger partial charge in [-0.1, -0.05) is 22.5 Å². The second kappa shape index (κ2) is 6.85. The Morgan fingerprint density at radius 2 is 2.25 bits per heavy atom. The van der Waals surface area contributed by atoms with Crippen molar-refractivity contribution < 1.29 is 4.74 Å². The molecule has 0 saturated carbocycles. The zero-order valence-corrected chi connectivity index (χ0v) is 8.67. The van der Waals surface area contributed by atoms with Crippen molar-refractivity contribution in [1.82, 2.24) is 0 Å². The van der Waals surface area contributed by atoms with Crippen LogP contribution in [0, 0.1) is 0 Å². The average Bonchev–Trinajstić information content (AvgIpc) is 2.05. The van der Waals surface area contributed by atoms with E-state index in [1.54, 1.807) is 6.08 Å². The van der Waals surface area contributed by atoms with E-state index in [4.69, 9.17) is 4.74 Å². The Balaban J connectivity index is 4.13. The van der Waals surface area contributed by atoms with Gasteiger partial charge in [0.15, 0.2) is 6.73 Å². The maximum Gasteiger partial charge on any atom is 0.178 e. The van der Waals surface area contributed by atoms with E-state index in [1.807, 2.05) is 19.1 Å². The van der Waals surface area contributed by atoms with Gasteiger partial charge in [-0.3, -0.25) is 4.99 Å². The molecule has 0 aromatic heterocycles. The third kappa shape index (κ3) is 5.92. The number of nitrogens with zero attached hydrogens (tertiary/aromatic N) is 1. The molecular weight excluding hydrogens is 218 g/mol. The summed E-state index contributed by atoms with van der Waals surface area (Å²) in [5.74, 6) is 0.682. The van der Waals surface area contributed by atoms with Crippen LogP contribution < -0.4 is 0 Å². The Hall–Kier alpha value is -0.830. The molecule has 0 amide bonds. The number of aliphatic imine (C=N–C) groups is 1. The monoisotopic (exact) mass is 229 g/mol. The normalized spacial score (nSPS) is 12.5. The molecule has 0 aliphatic rings. The van der Waals surface area contributed by atoms with Crippen LogP contribution in [0.15, 0.2) is 40.0 Å². The summed E-state index contributed by atoms with van der Waals surface area (Å²) in [4.78, 5) is 3.56. The zero-order valence-electron chi connectivity index (χ0n) is 7.09. The molecule has 12 heavy (non-hydrogen) atoms. The van der Waals surface area contributed by atoms with Crippen molar-refractivity contribution in [3.63, 3.8) is 0 Å². The predicted molar refractivity (Wildman–Crippen MR) is 56.5 cm³/mol. The Labute approximate surface area is 81.5 Å². The van der Waals surface area contributed by atoms with Gasteiger partial charge in [0.2, 0.25) is 0 Å². The van der Waals surface area contributed by atoms with Gasteiger partial charge in [-0.05, 0) is 36.4 Å². The SMILES string of the molecule is C=C/C(=C\C=C(/C)Br)OCN=C. The molecule has 0 rings (SSSR count). The largest absolute Gasteiger partial charge is 0.471 e. The molecular formula is C9H12BrNO. The van der Waals surface area contributed by atoms with Crippen LogP contribution in [0.1, 0.15) is 6.92 Å². The van der Waals surface area contributed by atoms with E-state index >= 15 is 0 Å². The maximum absolute atomic E-state index is 5.14. The molecule has 0 unspecified atom stereocenters. The van der Waals surface area contributed by atoms with Crippen molar-refractivity contribution in [2.24, 2.45) is 4.99 Å². The molecule has 0 spiro atoms. The predicted octanol–water partition coefficient (Wildman–Crippen LogP) is 3.03. The van der Waals surface area contributed by atoms with Crippen LogP contribution in [0.4, 0.5) is 0 Å². The first kappa shape index (κ1) is 11.2. The lowest BCUT2D eigenvalue weighted by atomic mass is 10.4. The summed E-state index contributed by atoms with van der Waals surface area (Å²) >= 11 is 3.29. The third-order valence-corrected chi connectivity index (χ3v) is 1.27. The van der Waals surface area contributed by atoms with Crippen LogP contribution in [-0.2, 0) is 4.74 Å². The summed E-state index contributed by atoms with van der Waals surface area (Å²) < 4.78 is 6.16. The highest BCUT2D eigenvalue weighted by atomic mass is 79.9. The minimum absolute atomic E-state index is 0.257. The molecule has 0 fully saturated rings. The number of allylic oxidation sites excluding steroid dienone is 4. The molecule has 0 aromatic carbocycles. The quantitative estimate of drug-likeness (QED) is 0.404. The van der Waals surface area contributed by atoms with E-state index in [-0.39, 0.29) is 6.73 Å². The van der Waals surface area contributed by atoms with Crippen LogP contribution in [0.5, 0.6) is 0 Å². The minimum atomic E-state index is 0.257. The molecule has 0 radical (unpaired) electrons. The van der Waals surface area contributed by atoms with Gasteiger partial charge in [-0.2, -0.15) is 0 Å². The summed E-state index contributed by atoms with van der Waals surface area (Å²) in [5, 5.41) is 0. The molecule has 0 saturated heterocycles. The standard InChI is InChI=1S/C9H12BrNO/c1-4-9(12-7-11-3)6-5-8(2)10/h4-6H,1,3,7H2,2H3/b8-5+,9-6+. The van der Waals surface area contributed by atoms with E-state index in [2.05, 4.69) is 34.2 Å². The van der Waals surface area contributed by atoms with Gasteiger partial charge in [-0.15, -0.1) is 0 Å². The summed E-state index contributed by atoms with van der Waals surface area (Å²) in [6, 6.07) is 0. The van der Waals surface area contributed by atoms with Crippen LogP contribution in [-0.4, -0.2) is 13.4 Å². The maximum atomic E-state index is 5.14. The van der Waals surface area contributed by atoms with Crippen LogP contribution in [0.25, 0.3) is 0 Å². The minimum Gasteiger partial charge on any atom is -0.471 e. The third-order valence-electron chi connectivity index (χ3n) is 1.00. The highest BCUT2D eigenvalue weighted by Gasteiger charge is 1.87. The smallest absolute Gasteiger partial charge is 0.178 e. The number of halogens is 1. The van der Waals surface area contributed by atoms with Gasteiger partial charge in [0.25, 0.3) is 0 Å². The number of hydrogen-bond acceptors (Lipinski definition) is 2. The van der Waals surface area contributed by atoms with Gasteiger partial charge < -0.3 is 4.74 Å². The lowest BCUT2D eigenvalue weighted by molar-refractivity contribution is 0.236.